The molecule has 0 radical (unpaired) electrons. The molecule has 6 heteroatoms. The molecule has 112 valence electrons. The average molecular weight is 290 g/mol. The predicted octanol–water partition coefficient (Wildman–Crippen LogP) is 0.722. The van der Waals surface area contributed by atoms with Crippen LogP contribution in [-0.2, 0) is 20.9 Å². The number of hydrogen-bond donors (Lipinski definition) is 2. The van der Waals surface area contributed by atoms with E-state index in [1.165, 1.54) is 11.8 Å². The van der Waals surface area contributed by atoms with Gasteiger partial charge in [0.2, 0.25) is 11.8 Å². The highest BCUT2D eigenvalue weighted by atomic mass is 16.4. The predicted molar refractivity (Wildman–Crippen MR) is 75.5 cm³/mol. The molecule has 1 heterocycles. The normalized spacial score (nSPS) is 18.6. The third kappa shape index (κ3) is 3.21. The fourth-order valence-corrected chi connectivity index (χ4v) is 2.63. The van der Waals surface area contributed by atoms with Crippen LogP contribution in [0, 0.1) is 0 Å². The maximum Gasteiger partial charge on any atom is 0.312 e. The van der Waals surface area contributed by atoms with Crippen LogP contribution in [0.15, 0.2) is 24.3 Å². The summed E-state index contributed by atoms with van der Waals surface area (Å²) in [6, 6.07) is 6.57. The van der Waals surface area contributed by atoms with Crippen LogP contribution in [0.3, 0.4) is 0 Å². The van der Waals surface area contributed by atoms with E-state index in [1.54, 1.807) is 19.1 Å². The van der Waals surface area contributed by atoms with Gasteiger partial charge in [0.05, 0.1) is 5.92 Å². The molecule has 1 aromatic rings. The van der Waals surface area contributed by atoms with E-state index in [0.717, 1.165) is 11.1 Å². The van der Waals surface area contributed by atoms with Crippen molar-refractivity contribution in [2.24, 2.45) is 0 Å². The van der Waals surface area contributed by atoms with Crippen LogP contribution < -0.4 is 5.32 Å². The summed E-state index contributed by atoms with van der Waals surface area (Å²) < 4.78 is 0. The van der Waals surface area contributed by atoms with Gasteiger partial charge in [0, 0.05) is 20.0 Å². The number of carboxylic acids is 1. The number of benzene rings is 1. The van der Waals surface area contributed by atoms with Crippen molar-refractivity contribution in [3.05, 3.63) is 35.4 Å². The van der Waals surface area contributed by atoms with Crippen LogP contribution in [0.1, 0.15) is 30.9 Å². The minimum absolute atomic E-state index is 0.120. The Morgan fingerprint density at radius 3 is 2.62 bits per heavy atom. The van der Waals surface area contributed by atoms with Gasteiger partial charge in [0.1, 0.15) is 6.04 Å². The number of carbonyl (C=O) groups is 3. The van der Waals surface area contributed by atoms with Crippen molar-refractivity contribution in [1.82, 2.24) is 10.2 Å². The van der Waals surface area contributed by atoms with Crippen molar-refractivity contribution in [2.75, 3.05) is 6.54 Å². The van der Waals surface area contributed by atoms with E-state index in [1.807, 2.05) is 12.1 Å². The van der Waals surface area contributed by atoms with Crippen LogP contribution in [0.4, 0.5) is 0 Å². The Labute approximate surface area is 122 Å². The van der Waals surface area contributed by atoms with Crippen LogP contribution in [0.2, 0.25) is 0 Å². The number of rotatable bonds is 3. The summed E-state index contributed by atoms with van der Waals surface area (Å²) >= 11 is 0. The number of nitrogens with one attached hydrogen (secondary N) is 1. The average Bonchev–Trinajstić information content (AvgIpc) is 2.44. The molecule has 2 N–H and O–H groups in total. The Balaban J connectivity index is 2.23. The first kappa shape index (κ1) is 15.0. The van der Waals surface area contributed by atoms with Gasteiger partial charge in [0.25, 0.3) is 0 Å². The van der Waals surface area contributed by atoms with Crippen molar-refractivity contribution in [1.29, 1.82) is 0 Å². The second-order valence-electron chi connectivity index (χ2n) is 5.23. The first-order valence-corrected chi connectivity index (χ1v) is 6.76. The Hall–Kier alpha value is -2.37. The zero-order valence-electron chi connectivity index (χ0n) is 12.0. The van der Waals surface area contributed by atoms with Crippen molar-refractivity contribution >= 4 is 17.8 Å². The largest absolute Gasteiger partial charge is 0.481 e. The van der Waals surface area contributed by atoms with Gasteiger partial charge in [-0.25, -0.2) is 0 Å². The molecule has 1 aliphatic rings. The molecule has 0 spiro atoms. The molecular weight excluding hydrogens is 272 g/mol. The van der Waals surface area contributed by atoms with Crippen molar-refractivity contribution in [3.63, 3.8) is 0 Å². The van der Waals surface area contributed by atoms with Gasteiger partial charge in [-0.05, 0) is 18.1 Å². The summed E-state index contributed by atoms with van der Waals surface area (Å²) in [5.41, 5.74) is 1.58. The first-order valence-electron chi connectivity index (χ1n) is 6.76. The second kappa shape index (κ2) is 5.95. The molecule has 0 bridgehead atoms. The smallest absolute Gasteiger partial charge is 0.312 e. The number of nitrogens with zero attached hydrogens (tertiary/aromatic N) is 1. The van der Waals surface area contributed by atoms with Gasteiger partial charge in [-0.2, -0.15) is 0 Å². The summed E-state index contributed by atoms with van der Waals surface area (Å²) in [5.74, 6) is -2.25. The zero-order valence-corrected chi connectivity index (χ0v) is 12.0. The maximum atomic E-state index is 12.3. The quantitative estimate of drug-likeness (QED) is 0.859. The minimum Gasteiger partial charge on any atom is -0.481 e. The van der Waals surface area contributed by atoms with E-state index >= 15 is 0 Å². The minimum atomic E-state index is -0.952. The van der Waals surface area contributed by atoms with Gasteiger partial charge in [-0.15, -0.1) is 0 Å². The molecule has 21 heavy (non-hydrogen) atoms. The van der Waals surface area contributed by atoms with Crippen LogP contribution in [-0.4, -0.2) is 40.4 Å². The second-order valence-corrected chi connectivity index (χ2v) is 5.23. The number of carbonyl (C=O) groups excluding carboxylic acids is 2. The van der Waals surface area contributed by atoms with E-state index in [9.17, 15) is 19.5 Å². The third-order valence-electron chi connectivity index (χ3n) is 3.59. The standard InChI is InChI=1S/C15H18N2O4/c1-9(16-10(2)18)14(19)17-7-11-5-3-4-6-12(11)13(8-17)15(20)21/h3-6,9,13H,7-8H2,1-2H3,(H,16,18)(H,20,21). The highest BCUT2D eigenvalue weighted by Gasteiger charge is 2.33. The Morgan fingerprint density at radius 2 is 2.00 bits per heavy atom. The summed E-state index contributed by atoms with van der Waals surface area (Å²) in [4.78, 5) is 36.3. The van der Waals surface area contributed by atoms with E-state index < -0.39 is 17.9 Å². The maximum absolute atomic E-state index is 12.3. The lowest BCUT2D eigenvalue weighted by atomic mass is 9.89. The lowest BCUT2D eigenvalue weighted by Gasteiger charge is -2.34. The highest BCUT2D eigenvalue weighted by molar-refractivity contribution is 5.87. The summed E-state index contributed by atoms with van der Waals surface area (Å²) in [6.45, 7) is 3.42. The topological polar surface area (TPSA) is 86.7 Å². The fourth-order valence-electron chi connectivity index (χ4n) is 2.63. The molecule has 0 aromatic heterocycles. The number of hydrogen-bond acceptors (Lipinski definition) is 3. The van der Waals surface area contributed by atoms with Crippen LogP contribution >= 0.6 is 0 Å². The van der Waals surface area contributed by atoms with Gasteiger partial charge < -0.3 is 15.3 Å². The van der Waals surface area contributed by atoms with Crippen molar-refractivity contribution in [2.45, 2.75) is 32.4 Å². The lowest BCUT2D eigenvalue weighted by Crippen LogP contribution is -2.49. The molecule has 2 atom stereocenters. The molecule has 2 unspecified atom stereocenters. The third-order valence-corrected chi connectivity index (χ3v) is 3.59. The van der Waals surface area contributed by atoms with Gasteiger partial charge in [0.15, 0.2) is 0 Å². The number of aliphatic carboxylic acids is 1. The van der Waals surface area contributed by atoms with E-state index in [2.05, 4.69) is 5.32 Å². The molecule has 2 amide bonds. The zero-order chi connectivity index (χ0) is 15.6. The Bertz CT molecular complexity index is 585. The molecule has 0 fully saturated rings. The van der Waals surface area contributed by atoms with E-state index in [0.29, 0.717) is 6.54 Å². The first-order chi connectivity index (χ1) is 9.90. The highest BCUT2D eigenvalue weighted by Crippen LogP contribution is 2.28. The molecular formula is C15H18N2O4. The Morgan fingerprint density at radius 1 is 1.33 bits per heavy atom. The Kier molecular flexibility index (Phi) is 4.26. The molecule has 0 aliphatic carbocycles. The summed E-state index contributed by atoms with van der Waals surface area (Å²) in [5, 5.41) is 11.9. The van der Waals surface area contributed by atoms with E-state index in [4.69, 9.17) is 0 Å². The lowest BCUT2D eigenvalue weighted by molar-refractivity contribution is -0.142. The van der Waals surface area contributed by atoms with Gasteiger partial charge >= 0.3 is 5.97 Å². The molecule has 1 aliphatic heterocycles. The van der Waals surface area contributed by atoms with Crippen molar-refractivity contribution < 1.29 is 19.5 Å². The molecule has 0 saturated heterocycles. The van der Waals surface area contributed by atoms with Crippen LogP contribution in [0.25, 0.3) is 0 Å². The van der Waals surface area contributed by atoms with Gasteiger partial charge in [-0.3, -0.25) is 14.4 Å². The summed E-state index contributed by atoms with van der Waals surface area (Å²) in [7, 11) is 0. The van der Waals surface area contributed by atoms with E-state index in [-0.39, 0.29) is 18.4 Å². The molecule has 6 nitrogen and oxygen atoms in total. The molecule has 2 rings (SSSR count). The van der Waals surface area contributed by atoms with Crippen LogP contribution in [0.5, 0.6) is 0 Å². The van der Waals surface area contributed by atoms with Crippen molar-refractivity contribution in [3.8, 4) is 0 Å². The fraction of sp³-hybridized carbons (Fsp3) is 0.400. The SMILES string of the molecule is CC(=O)NC(C)C(=O)N1Cc2ccccc2C(C(=O)O)C1. The van der Waals surface area contributed by atoms with Gasteiger partial charge in [-0.1, -0.05) is 24.3 Å². The monoisotopic (exact) mass is 290 g/mol. The molecule has 0 saturated carbocycles. The summed E-state index contributed by atoms with van der Waals surface area (Å²) in [6.07, 6.45) is 0. The molecule has 1 aromatic carbocycles. The number of carboxylic acid groups (broad SMARTS) is 1. The number of amides is 2. The number of fused-ring (bicyclic) bond motifs is 1.